The third kappa shape index (κ3) is 0.660. The molecule has 0 radical (unpaired) electrons. The van der Waals surface area contributed by atoms with Gasteiger partial charge in [0.15, 0.2) is 0 Å². The van der Waals surface area contributed by atoms with Gasteiger partial charge < -0.3 is 9.64 Å². The smallest absolute Gasteiger partial charge is 0.229 e. The zero-order valence-electron chi connectivity index (χ0n) is 5.83. The molecular weight excluding hydrogens is 132 g/mol. The van der Waals surface area contributed by atoms with Crippen molar-refractivity contribution in [3.63, 3.8) is 0 Å². The molecule has 56 valence electrons. The summed E-state index contributed by atoms with van der Waals surface area (Å²) in [7, 11) is 1.83. The third-order valence-corrected chi connectivity index (χ3v) is 2.02. The van der Waals surface area contributed by atoms with Crippen LogP contribution >= 0.6 is 0 Å². The highest BCUT2D eigenvalue weighted by molar-refractivity contribution is 5.82. The van der Waals surface area contributed by atoms with E-state index in [4.69, 9.17) is 4.74 Å². The summed E-state index contributed by atoms with van der Waals surface area (Å²) in [5, 5.41) is 2.97. The van der Waals surface area contributed by atoms with Crippen LogP contribution in [-0.2, 0) is 9.53 Å². The molecule has 0 bridgehead atoms. The number of ether oxygens (including phenoxy) is 1. The Labute approximate surface area is 59.1 Å². The van der Waals surface area contributed by atoms with Crippen molar-refractivity contribution in [2.75, 3.05) is 13.6 Å². The van der Waals surface area contributed by atoms with E-state index in [1.54, 1.807) is 4.90 Å². The fraction of sp³-hybridized carbons (Fsp3) is 0.833. The van der Waals surface area contributed by atoms with Crippen molar-refractivity contribution in [1.29, 1.82) is 0 Å². The lowest BCUT2D eigenvalue weighted by Crippen LogP contribution is -2.48. The lowest BCUT2D eigenvalue weighted by Gasteiger charge is -2.31. The van der Waals surface area contributed by atoms with Crippen molar-refractivity contribution in [2.45, 2.75) is 18.9 Å². The molecule has 1 N–H and O–H groups in total. The highest BCUT2D eigenvalue weighted by Gasteiger charge is 2.44. The fourth-order valence-corrected chi connectivity index (χ4v) is 1.34. The van der Waals surface area contributed by atoms with Gasteiger partial charge in [-0.1, -0.05) is 0 Å². The quantitative estimate of drug-likeness (QED) is 0.483. The van der Waals surface area contributed by atoms with Crippen LogP contribution in [0.15, 0.2) is 0 Å². The summed E-state index contributed by atoms with van der Waals surface area (Å²) in [5.41, 5.74) is 0. The number of amides is 1. The first kappa shape index (κ1) is 6.12. The second-order valence-corrected chi connectivity index (χ2v) is 2.62. The van der Waals surface area contributed by atoms with Crippen molar-refractivity contribution in [3.8, 4) is 0 Å². The summed E-state index contributed by atoms with van der Waals surface area (Å²) in [6, 6.07) is 0. The molecule has 4 nitrogen and oxygen atoms in total. The molecular formula is C6H10N2O2. The van der Waals surface area contributed by atoms with Crippen LogP contribution in [0.4, 0.5) is 0 Å². The van der Waals surface area contributed by atoms with Gasteiger partial charge in [0.2, 0.25) is 5.91 Å². The summed E-state index contributed by atoms with van der Waals surface area (Å²) in [6.45, 7) is 0.708. The van der Waals surface area contributed by atoms with Crippen LogP contribution in [0, 0.1) is 0 Å². The zero-order chi connectivity index (χ0) is 7.14. The van der Waals surface area contributed by atoms with Crippen molar-refractivity contribution in [3.05, 3.63) is 0 Å². The number of hydrogen-bond acceptors (Lipinski definition) is 3. The van der Waals surface area contributed by atoms with E-state index in [9.17, 15) is 4.79 Å². The van der Waals surface area contributed by atoms with Crippen molar-refractivity contribution in [2.24, 2.45) is 0 Å². The van der Waals surface area contributed by atoms with Crippen LogP contribution in [0.1, 0.15) is 6.42 Å². The molecule has 0 spiro atoms. The summed E-state index contributed by atoms with van der Waals surface area (Å²) in [6.07, 6.45) is 0.694. The van der Waals surface area contributed by atoms with Gasteiger partial charge in [0.25, 0.3) is 0 Å². The molecule has 0 aromatic rings. The SMILES string of the molecule is CNC1CN2C(=O)CC2O1. The number of nitrogens with zero attached hydrogens (tertiary/aromatic N) is 1. The Kier molecular flexibility index (Phi) is 1.18. The molecule has 0 aliphatic carbocycles. The first-order chi connectivity index (χ1) is 4.81. The molecule has 2 fully saturated rings. The van der Waals surface area contributed by atoms with Crippen LogP contribution in [0.3, 0.4) is 0 Å². The van der Waals surface area contributed by atoms with Crippen molar-refractivity contribution < 1.29 is 9.53 Å². The summed E-state index contributed by atoms with van der Waals surface area (Å²) >= 11 is 0. The minimum Gasteiger partial charge on any atom is -0.338 e. The molecule has 2 saturated heterocycles. The Morgan fingerprint density at radius 1 is 1.80 bits per heavy atom. The van der Waals surface area contributed by atoms with E-state index in [-0.39, 0.29) is 18.4 Å². The maximum absolute atomic E-state index is 10.8. The first-order valence-electron chi connectivity index (χ1n) is 3.43. The largest absolute Gasteiger partial charge is 0.338 e. The monoisotopic (exact) mass is 142 g/mol. The lowest BCUT2D eigenvalue weighted by molar-refractivity contribution is -0.156. The maximum atomic E-state index is 10.8. The average Bonchev–Trinajstić information content (AvgIpc) is 2.26. The summed E-state index contributed by atoms with van der Waals surface area (Å²) < 4.78 is 5.37. The number of fused-ring (bicyclic) bond motifs is 1. The van der Waals surface area contributed by atoms with E-state index in [1.807, 2.05) is 7.05 Å². The third-order valence-electron chi connectivity index (χ3n) is 2.02. The van der Waals surface area contributed by atoms with Gasteiger partial charge in [-0.05, 0) is 7.05 Å². The van der Waals surface area contributed by atoms with Crippen LogP contribution in [-0.4, -0.2) is 36.9 Å². The topological polar surface area (TPSA) is 41.6 Å². The van der Waals surface area contributed by atoms with Crippen LogP contribution in [0.25, 0.3) is 0 Å². The summed E-state index contributed by atoms with van der Waals surface area (Å²) in [4.78, 5) is 12.5. The highest BCUT2D eigenvalue weighted by atomic mass is 16.5. The van der Waals surface area contributed by atoms with Crippen LogP contribution in [0.5, 0.6) is 0 Å². The second-order valence-electron chi connectivity index (χ2n) is 2.62. The second kappa shape index (κ2) is 1.93. The molecule has 2 unspecified atom stereocenters. The Bertz CT molecular complexity index is 171. The van der Waals surface area contributed by atoms with Gasteiger partial charge in [-0.2, -0.15) is 0 Å². The van der Waals surface area contributed by atoms with Gasteiger partial charge in [-0.15, -0.1) is 0 Å². The number of carbonyl (C=O) groups excluding carboxylic acids is 1. The van der Waals surface area contributed by atoms with Gasteiger partial charge in [0, 0.05) is 0 Å². The summed E-state index contributed by atoms with van der Waals surface area (Å²) in [5.74, 6) is 0.211. The molecule has 2 atom stereocenters. The normalized spacial score (nSPS) is 37.7. The maximum Gasteiger partial charge on any atom is 0.229 e. The van der Waals surface area contributed by atoms with E-state index >= 15 is 0 Å². The minimum absolute atomic E-state index is 0.0523. The van der Waals surface area contributed by atoms with E-state index in [0.29, 0.717) is 13.0 Å². The predicted molar refractivity (Wildman–Crippen MR) is 34.1 cm³/mol. The van der Waals surface area contributed by atoms with Crippen molar-refractivity contribution >= 4 is 5.91 Å². The molecule has 2 rings (SSSR count). The molecule has 0 aromatic carbocycles. The Morgan fingerprint density at radius 3 is 3.10 bits per heavy atom. The number of nitrogens with one attached hydrogen (secondary N) is 1. The van der Waals surface area contributed by atoms with Crippen molar-refractivity contribution in [1.82, 2.24) is 10.2 Å². The van der Waals surface area contributed by atoms with Gasteiger partial charge in [-0.25, -0.2) is 0 Å². The molecule has 1 amide bonds. The number of β-lactam (4-membered cyclic amide) rings is 1. The number of likely N-dealkylation sites (N-methyl/N-ethyl adjacent to an activating group) is 1. The molecule has 4 heteroatoms. The van der Waals surface area contributed by atoms with Crippen LogP contribution in [0.2, 0.25) is 0 Å². The molecule has 0 aromatic heterocycles. The Morgan fingerprint density at radius 2 is 2.60 bits per heavy atom. The Hall–Kier alpha value is -0.610. The molecule has 2 heterocycles. The van der Waals surface area contributed by atoms with E-state index in [2.05, 4.69) is 5.32 Å². The minimum atomic E-state index is 0.0523. The number of hydrogen-bond donors (Lipinski definition) is 1. The Balaban J connectivity index is 1.99. The predicted octanol–water partition coefficient (Wildman–Crippen LogP) is -0.880. The van der Waals surface area contributed by atoms with E-state index in [0.717, 1.165) is 0 Å². The number of rotatable bonds is 1. The van der Waals surface area contributed by atoms with Gasteiger partial charge in [0.05, 0.1) is 13.0 Å². The van der Waals surface area contributed by atoms with E-state index in [1.165, 1.54) is 0 Å². The lowest BCUT2D eigenvalue weighted by atomic mass is 10.2. The zero-order valence-corrected chi connectivity index (χ0v) is 5.83. The first-order valence-corrected chi connectivity index (χ1v) is 3.43. The molecule has 2 aliphatic heterocycles. The van der Waals surface area contributed by atoms with Gasteiger partial charge in [0.1, 0.15) is 12.5 Å². The average molecular weight is 142 g/mol. The molecule has 10 heavy (non-hydrogen) atoms. The standard InChI is InChI=1S/C6H10N2O2/c1-7-4-3-8-5(9)2-6(8)10-4/h4,6-7H,2-3H2,1H3. The van der Waals surface area contributed by atoms with Crippen LogP contribution < -0.4 is 5.32 Å². The molecule has 2 aliphatic rings. The van der Waals surface area contributed by atoms with Gasteiger partial charge >= 0.3 is 0 Å². The fourth-order valence-electron chi connectivity index (χ4n) is 1.34. The highest BCUT2D eigenvalue weighted by Crippen LogP contribution is 2.27. The molecule has 0 saturated carbocycles. The number of carbonyl (C=O) groups is 1. The van der Waals surface area contributed by atoms with E-state index < -0.39 is 0 Å². The van der Waals surface area contributed by atoms with Gasteiger partial charge in [-0.3, -0.25) is 10.1 Å².